The zero-order valence-electron chi connectivity index (χ0n) is 14.2. The molecule has 0 aliphatic heterocycles. The number of rotatable bonds is 6. The zero-order chi connectivity index (χ0) is 17.6. The van der Waals surface area contributed by atoms with Gasteiger partial charge < -0.3 is 10.6 Å². The highest BCUT2D eigenvalue weighted by Crippen LogP contribution is 2.10. The summed E-state index contributed by atoms with van der Waals surface area (Å²) in [6.07, 6.45) is 4.99. The highest BCUT2D eigenvalue weighted by molar-refractivity contribution is 5.95. The maximum Gasteiger partial charge on any atom is 0.251 e. The maximum atomic E-state index is 12.2. The highest BCUT2D eigenvalue weighted by Gasteiger charge is 2.08. The molecule has 0 radical (unpaired) electrons. The summed E-state index contributed by atoms with van der Waals surface area (Å²) in [5.41, 5.74) is 2.83. The molecule has 0 atom stereocenters. The molecule has 2 aromatic heterocycles. The molecule has 2 N–H and O–H groups in total. The summed E-state index contributed by atoms with van der Waals surface area (Å²) >= 11 is 0. The molecule has 3 rings (SSSR count). The van der Waals surface area contributed by atoms with E-state index >= 15 is 0 Å². The predicted octanol–water partition coefficient (Wildman–Crippen LogP) is 2.12. The van der Waals surface area contributed by atoms with Crippen molar-refractivity contribution in [1.82, 2.24) is 25.1 Å². The van der Waals surface area contributed by atoms with E-state index < -0.39 is 0 Å². The van der Waals surface area contributed by atoms with E-state index in [-0.39, 0.29) is 5.91 Å². The first-order valence-corrected chi connectivity index (χ1v) is 8.05. The average molecular weight is 336 g/mol. The second kappa shape index (κ2) is 7.57. The van der Waals surface area contributed by atoms with Gasteiger partial charge in [-0.3, -0.25) is 4.79 Å². The van der Waals surface area contributed by atoms with Crippen LogP contribution >= 0.6 is 0 Å². The molecule has 128 valence electrons. The van der Waals surface area contributed by atoms with E-state index in [2.05, 4.69) is 25.7 Å². The van der Waals surface area contributed by atoms with Crippen molar-refractivity contribution in [1.29, 1.82) is 0 Å². The number of nitrogens with zero attached hydrogens (tertiary/aromatic N) is 4. The van der Waals surface area contributed by atoms with E-state index in [4.69, 9.17) is 0 Å². The van der Waals surface area contributed by atoms with Crippen LogP contribution in [0.4, 0.5) is 5.82 Å². The minimum absolute atomic E-state index is 0.0702. The van der Waals surface area contributed by atoms with Crippen molar-refractivity contribution in [2.24, 2.45) is 0 Å². The fraction of sp³-hybridized carbons (Fsp3) is 0.222. The summed E-state index contributed by atoms with van der Waals surface area (Å²) in [6.45, 7) is 5.01. The van der Waals surface area contributed by atoms with Gasteiger partial charge in [0.25, 0.3) is 5.91 Å². The third-order valence-corrected chi connectivity index (χ3v) is 3.73. The second-order valence-electron chi connectivity index (χ2n) is 5.71. The quantitative estimate of drug-likeness (QED) is 0.674. The van der Waals surface area contributed by atoms with Crippen LogP contribution in [0, 0.1) is 13.8 Å². The molecule has 2 heterocycles. The number of carbonyl (C=O) groups is 1. The molecule has 0 fully saturated rings. The fourth-order valence-corrected chi connectivity index (χ4v) is 2.50. The Hall–Kier alpha value is -3.22. The predicted molar refractivity (Wildman–Crippen MR) is 95.9 cm³/mol. The molecular formula is C18H20N6O. The molecule has 1 aromatic carbocycles. The average Bonchev–Trinajstić information content (AvgIpc) is 3.13. The molecule has 3 aromatic rings. The third-order valence-electron chi connectivity index (χ3n) is 3.73. The van der Waals surface area contributed by atoms with E-state index in [9.17, 15) is 4.79 Å². The zero-order valence-corrected chi connectivity index (χ0v) is 14.2. The van der Waals surface area contributed by atoms with Crippen molar-refractivity contribution < 1.29 is 4.79 Å². The normalized spacial score (nSPS) is 10.5. The van der Waals surface area contributed by atoms with Crippen LogP contribution in [0.1, 0.15) is 21.5 Å². The van der Waals surface area contributed by atoms with Gasteiger partial charge in [0.15, 0.2) is 5.82 Å². The molecule has 0 unspecified atom stereocenters. The molecular weight excluding hydrogens is 316 g/mol. The van der Waals surface area contributed by atoms with Crippen molar-refractivity contribution in [3.8, 4) is 5.82 Å². The fourth-order valence-electron chi connectivity index (χ4n) is 2.50. The number of hydrogen-bond acceptors (Lipinski definition) is 5. The van der Waals surface area contributed by atoms with E-state index in [0.717, 1.165) is 11.1 Å². The van der Waals surface area contributed by atoms with Crippen LogP contribution < -0.4 is 10.6 Å². The van der Waals surface area contributed by atoms with Crippen LogP contribution in [-0.4, -0.2) is 38.7 Å². The number of amides is 1. The largest absolute Gasteiger partial charge is 0.368 e. The Morgan fingerprint density at radius 2 is 2.04 bits per heavy atom. The Morgan fingerprint density at radius 3 is 2.80 bits per heavy atom. The number of carbonyl (C=O) groups excluding carboxylic acids is 1. The third kappa shape index (κ3) is 4.20. The van der Waals surface area contributed by atoms with E-state index in [1.165, 1.54) is 6.33 Å². The van der Waals surface area contributed by atoms with Crippen molar-refractivity contribution >= 4 is 11.7 Å². The van der Waals surface area contributed by atoms with Gasteiger partial charge in [0.2, 0.25) is 0 Å². The number of aryl methyl sites for hydroxylation is 2. The minimum Gasteiger partial charge on any atom is -0.368 e. The Labute approximate surface area is 146 Å². The summed E-state index contributed by atoms with van der Waals surface area (Å²) in [5, 5.41) is 10.2. The van der Waals surface area contributed by atoms with Gasteiger partial charge >= 0.3 is 0 Å². The lowest BCUT2D eigenvalue weighted by atomic mass is 10.1. The standard InChI is InChI=1S/C18H20N6O/c1-13-4-5-15(14(2)10-13)18(25)20-8-7-19-16-11-17(22-12-21-16)24-9-3-6-23-24/h3-6,9-12H,7-8H2,1-2H3,(H,20,25)(H,19,21,22). The molecule has 0 saturated heterocycles. The second-order valence-corrected chi connectivity index (χ2v) is 5.71. The van der Waals surface area contributed by atoms with Gasteiger partial charge in [-0.15, -0.1) is 0 Å². The van der Waals surface area contributed by atoms with Crippen molar-refractivity contribution in [3.63, 3.8) is 0 Å². The number of benzene rings is 1. The van der Waals surface area contributed by atoms with Crippen LogP contribution in [0.3, 0.4) is 0 Å². The monoisotopic (exact) mass is 336 g/mol. The van der Waals surface area contributed by atoms with E-state index in [1.54, 1.807) is 16.9 Å². The van der Waals surface area contributed by atoms with Crippen LogP contribution in [0.25, 0.3) is 5.82 Å². The van der Waals surface area contributed by atoms with Crippen LogP contribution in [-0.2, 0) is 0 Å². The van der Waals surface area contributed by atoms with Crippen LogP contribution in [0.2, 0.25) is 0 Å². The molecule has 25 heavy (non-hydrogen) atoms. The van der Waals surface area contributed by atoms with Gasteiger partial charge in [0, 0.05) is 37.1 Å². The minimum atomic E-state index is -0.0702. The smallest absolute Gasteiger partial charge is 0.251 e. The van der Waals surface area contributed by atoms with E-state index in [1.807, 2.05) is 44.3 Å². The summed E-state index contributed by atoms with van der Waals surface area (Å²) in [7, 11) is 0. The van der Waals surface area contributed by atoms with Gasteiger partial charge in [-0.1, -0.05) is 17.7 Å². The first-order chi connectivity index (χ1) is 12.1. The lowest BCUT2D eigenvalue weighted by Gasteiger charge is -2.10. The summed E-state index contributed by atoms with van der Waals surface area (Å²) in [6, 6.07) is 9.44. The van der Waals surface area contributed by atoms with Crippen LogP contribution in [0.5, 0.6) is 0 Å². The van der Waals surface area contributed by atoms with Gasteiger partial charge in [-0.05, 0) is 31.5 Å². The molecule has 0 aliphatic rings. The van der Waals surface area contributed by atoms with E-state index in [0.29, 0.717) is 30.3 Å². The summed E-state index contributed by atoms with van der Waals surface area (Å²) in [4.78, 5) is 20.6. The molecule has 0 aliphatic carbocycles. The number of aromatic nitrogens is 4. The Balaban J connectivity index is 1.52. The molecule has 0 bridgehead atoms. The number of nitrogens with one attached hydrogen (secondary N) is 2. The maximum absolute atomic E-state index is 12.2. The van der Waals surface area contributed by atoms with Gasteiger partial charge in [-0.2, -0.15) is 5.10 Å². The van der Waals surface area contributed by atoms with Crippen molar-refractivity contribution in [3.05, 3.63) is 65.7 Å². The van der Waals surface area contributed by atoms with Crippen molar-refractivity contribution in [2.75, 3.05) is 18.4 Å². The Morgan fingerprint density at radius 1 is 1.16 bits per heavy atom. The summed E-state index contributed by atoms with van der Waals surface area (Å²) < 4.78 is 1.66. The highest BCUT2D eigenvalue weighted by atomic mass is 16.1. The number of hydrogen-bond donors (Lipinski definition) is 2. The van der Waals surface area contributed by atoms with Crippen LogP contribution in [0.15, 0.2) is 49.1 Å². The molecule has 1 amide bonds. The topological polar surface area (TPSA) is 84.7 Å². The molecule has 0 spiro atoms. The lowest BCUT2D eigenvalue weighted by Crippen LogP contribution is -2.29. The molecule has 0 saturated carbocycles. The van der Waals surface area contributed by atoms with Gasteiger partial charge in [0.1, 0.15) is 12.1 Å². The first-order valence-electron chi connectivity index (χ1n) is 8.05. The number of anilines is 1. The SMILES string of the molecule is Cc1ccc(C(=O)NCCNc2cc(-n3cccn3)ncn2)c(C)c1. The lowest BCUT2D eigenvalue weighted by molar-refractivity contribution is 0.0954. The van der Waals surface area contributed by atoms with Crippen molar-refractivity contribution in [2.45, 2.75) is 13.8 Å². The Bertz CT molecular complexity index is 860. The summed E-state index contributed by atoms with van der Waals surface area (Å²) in [5.74, 6) is 1.29. The molecule has 7 nitrogen and oxygen atoms in total. The van der Waals surface area contributed by atoms with Gasteiger partial charge in [-0.25, -0.2) is 14.6 Å². The Kier molecular flexibility index (Phi) is 5.03. The molecule has 7 heteroatoms. The first kappa shape index (κ1) is 16.6. The van der Waals surface area contributed by atoms with Gasteiger partial charge in [0.05, 0.1) is 0 Å².